The number of hydrogen-bond acceptors (Lipinski definition) is 2. The van der Waals surface area contributed by atoms with Crippen molar-refractivity contribution in [2.45, 2.75) is 25.8 Å². The van der Waals surface area contributed by atoms with E-state index in [1.807, 2.05) is 6.20 Å². The van der Waals surface area contributed by atoms with Crippen molar-refractivity contribution in [2.75, 3.05) is 6.54 Å². The Kier molecular flexibility index (Phi) is 2.40. The van der Waals surface area contributed by atoms with Gasteiger partial charge in [0.25, 0.3) is 0 Å². The minimum Gasteiger partial charge on any atom is -0.310 e. The summed E-state index contributed by atoms with van der Waals surface area (Å²) in [5.74, 6) is 0.814. The molecular weight excluding hydrogens is 198 g/mol. The van der Waals surface area contributed by atoms with Gasteiger partial charge in [-0.3, -0.25) is 5.10 Å². The number of benzene rings is 1. The van der Waals surface area contributed by atoms with Gasteiger partial charge in [0.15, 0.2) is 0 Å². The molecule has 3 heteroatoms. The van der Waals surface area contributed by atoms with E-state index in [1.165, 1.54) is 23.8 Å². The first-order valence-electron chi connectivity index (χ1n) is 6.00. The van der Waals surface area contributed by atoms with Crippen molar-refractivity contribution in [3.05, 3.63) is 30.0 Å². The number of rotatable bonds is 1. The average molecular weight is 215 g/mol. The highest BCUT2D eigenvalue weighted by Gasteiger charge is 2.18. The molecule has 1 aliphatic heterocycles. The average Bonchev–Trinajstić information content (AvgIpc) is 2.77. The largest absolute Gasteiger partial charge is 0.310 e. The van der Waals surface area contributed by atoms with Crippen LogP contribution in [0.2, 0.25) is 0 Å². The third-order valence-corrected chi connectivity index (χ3v) is 3.52. The first-order valence-corrected chi connectivity index (χ1v) is 6.00. The van der Waals surface area contributed by atoms with Crippen LogP contribution < -0.4 is 5.32 Å². The summed E-state index contributed by atoms with van der Waals surface area (Å²) in [6.07, 6.45) is 4.52. The van der Waals surface area contributed by atoms with Crippen LogP contribution >= 0.6 is 0 Å². The molecule has 0 saturated carbocycles. The molecule has 1 aromatic heterocycles. The van der Waals surface area contributed by atoms with Gasteiger partial charge in [0, 0.05) is 17.6 Å². The second-order valence-electron chi connectivity index (χ2n) is 4.85. The number of aromatic amines is 1. The van der Waals surface area contributed by atoms with Crippen LogP contribution in [0.4, 0.5) is 0 Å². The van der Waals surface area contributed by atoms with Crippen molar-refractivity contribution in [1.82, 2.24) is 15.5 Å². The number of fused-ring (bicyclic) bond motifs is 1. The van der Waals surface area contributed by atoms with Gasteiger partial charge in [-0.15, -0.1) is 0 Å². The quantitative estimate of drug-likeness (QED) is 0.767. The molecule has 0 amide bonds. The summed E-state index contributed by atoms with van der Waals surface area (Å²) in [4.78, 5) is 0. The van der Waals surface area contributed by atoms with Crippen LogP contribution in [0.15, 0.2) is 24.4 Å². The van der Waals surface area contributed by atoms with Gasteiger partial charge in [-0.2, -0.15) is 5.10 Å². The molecule has 0 radical (unpaired) electrons. The molecule has 16 heavy (non-hydrogen) atoms. The Bertz CT molecular complexity index is 481. The third-order valence-electron chi connectivity index (χ3n) is 3.52. The summed E-state index contributed by atoms with van der Waals surface area (Å²) in [6, 6.07) is 7.06. The van der Waals surface area contributed by atoms with Crippen molar-refractivity contribution in [3.8, 4) is 0 Å². The number of H-pyrrole nitrogens is 1. The van der Waals surface area contributed by atoms with Gasteiger partial charge in [-0.1, -0.05) is 13.0 Å². The van der Waals surface area contributed by atoms with Crippen molar-refractivity contribution < 1.29 is 0 Å². The van der Waals surface area contributed by atoms with Crippen molar-refractivity contribution in [1.29, 1.82) is 0 Å². The molecule has 1 aromatic carbocycles. The molecule has 84 valence electrons. The molecule has 3 rings (SSSR count). The molecular formula is C13H17N3. The van der Waals surface area contributed by atoms with E-state index in [2.05, 4.69) is 40.6 Å². The maximum atomic E-state index is 4.17. The molecule has 1 aliphatic rings. The summed E-state index contributed by atoms with van der Waals surface area (Å²) in [5, 5.41) is 11.9. The lowest BCUT2D eigenvalue weighted by Crippen LogP contribution is -2.31. The standard InChI is InChI=1S/C13H17N3/c1-9-2-4-12(14-7-9)10-3-5-13-11(6-10)8-15-16-13/h3,5-6,8-9,12,14H,2,4,7H2,1H3,(H,15,16)/t9-,12+/m0/s1. The highest BCUT2D eigenvalue weighted by atomic mass is 15.1. The van der Waals surface area contributed by atoms with E-state index in [0.717, 1.165) is 18.0 Å². The van der Waals surface area contributed by atoms with Crippen LogP contribution in [0.5, 0.6) is 0 Å². The Morgan fingerprint density at radius 3 is 3.06 bits per heavy atom. The van der Waals surface area contributed by atoms with Crippen molar-refractivity contribution >= 4 is 10.9 Å². The first kappa shape index (κ1) is 9.85. The number of hydrogen-bond donors (Lipinski definition) is 2. The van der Waals surface area contributed by atoms with Gasteiger partial charge >= 0.3 is 0 Å². The van der Waals surface area contributed by atoms with Gasteiger partial charge in [0.1, 0.15) is 0 Å². The highest BCUT2D eigenvalue weighted by Crippen LogP contribution is 2.27. The second-order valence-corrected chi connectivity index (χ2v) is 4.85. The van der Waals surface area contributed by atoms with E-state index < -0.39 is 0 Å². The van der Waals surface area contributed by atoms with E-state index in [9.17, 15) is 0 Å². The van der Waals surface area contributed by atoms with E-state index in [-0.39, 0.29) is 0 Å². The number of nitrogens with zero attached hydrogens (tertiary/aromatic N) is 1. The second kappa shape index (κ2) is 3.91. The van der Waals surface area contributed by atoms with E-state index in [0.29, 0.717) is 6.04 Å². The zero-order valence-corrected chi connectivity index (χ0v) is 9.53. The van der Waals surface area contributed by atoms with Gasteiger partial charge in [-0.05, 0) is 43.0 Å². The minimum absolute atomic E-state index is 0.524. The molecule has 3 nitrogen and oxygen atoms in total. The normalized spacial score (nSPS) is 26.1. The Hall–Kier alpha value is -1.35. The number of aromatic nitrogens is 2. The fourth-order valence-electron chi connectivity index (χ4n) is 2.46. The van der Waals surface area contributed by atoms with Crippen LogP contribution in [0.1, 0.15) is 31.4 Å². The third kappa shape index (κ3) is 1.71. The van der Waals surface area contributed by atoms with Gasteiger partial charge in [0.2, 0.25) is 0 Å². The molecule has 0 bridgehead atoms. The SMILES string of the molecule is C[C@H]1CC[C@H](c2ccc3n[nH]cc3c2)NC1. The minimum atomic E-state index is 0.524. The molecule has 1 fully saturated rings. The van der Waals surface area contributed by atoms with Crippen LogP contribution in [0.25, 0.3) is 10.9 Å². The Morgan fingerprint density at radius 1 is 1.31 bits per heavy atom. The Labute approximate surface area is 95.2 Å². The maximum absolute atomic E-state index is 4.17. The predicted molar refractivity (Wildman–Crippen MR) is 65.2 cm³/mol. The molecule has 2 aromatic rings. The lowest BCUT2D eigenvalue weighted by Gasteiger charge is -2.28. The highest BCUT2D eigenvalue weighted by molar-refractivity contribution is 5.78. The Morgan fingerprint density at radius 2 is 2.25 bits per heavy atom. The monoisotopic (exact) mass is 215 g/mol. The van der Waals surface area contributed by atoms with Crippen LogP contribution in [0, 0.1) is 5.92 Å². The number of nitrogens with one attached hydrogen (secondary N) is 2. The summed E-state index contributed by atoms with van der Waals surface area (Å²) in [5.41, 5.74) is 2.44. The van der Waals surface area contributed by atoms with Gasteiger partial charge < -0.3 is 5.32 Å². The summed E-state index contributed by atoms with van der Waals surface area (Å²) < 4.78 is 0. The smallest absolute Gasteiger partial charge is 0.0920 e. The van der Waals surface area contributed by atoms with E-state index in [4.69, 9.17) is 0 Å². The zero-order chi connectivity index (χ0) is 11.0. The topological polar surface area (TPSA) is 40.7 Å². The first-order chi connectivity index (χ1) is 7.83. The van der Waals surface area contributed by atoms with Crippen molar-refractivity contribution in [2.24, 2.45) is 5.92 Å². The summed E-state index contributed by atoms with van der Waals surface area (Å²) in [7, 11) is 0. The van der Waals surface area contributed by atoms with Gasteiger partial charge in [-0.25, -0.2) is 0 Å². The number of piperidine rings is 1. The van der Waals surface area contributed by atoms with E-state index >= 15 is 0 Å². The predicted octanol–water partition coefficient (Wildman–Crippen LogP) is 2.62. The molecule has 1 saturated heterocycles. The fourth-order valence-corrected chi connectivity index (χ4v) is 2.46. The lowest BCUT2D eigenvalue weighted by atomic mass is 9.92. The van der Waals surface area contributed by atoms with Crippen LogP contribution in [0.3, 0.4) is 0 Å². The molecule has 2 N–H and O–H groups in total. The zero-order valence-electron chi connectivity index (χ0n) is 9.53. The van der Waals surface area contributed by atoms with Crippen LogP contribution in [-0.4, -0.2) is 16.7 Å². The fraction of sp³-hybridized carbons (Fsp3) is 0.462. The molecule has 0 unspecified atom stereocenters. The van der Waals surface area contributed by atoms with Gasteiger partial charge in [0.05, 0.1) is 5.52 Å². The Balaban J connectivity index is 1.87. The molecule has 2 heterocycles. The lowest BCUT2D eigenvalue weighted by molar-refractivity contribution is 0.333. The summed E-state index contributed by atoms with van der Waals surface area (Å²) >= 11 is 0. The summed E-state index contributed by atoms with van der Waals surface area (Å²) in [6.45, 7) is 3.44. The van der Waals surface area contributed by atoms with Crippen LogP contribution in [-0.2, 0) is 0 Å². The van der Waals surface area contributed by atoms with E-state index in [1.54, 1.807) is 0 Å². The maximum Gasteiger partial charge on any atom is 0.0920 e. The van der Waals surface area contributed by atoms with Crippen molar-refractivity contribution in [3.63, 3.8) is 0 Å². The molecule has 0 aliphatic carbocycles. The molecule has 0 spiro atoms. The molecule has 2 atom stereocenters.